The SMILES string of the molecule is CCCN(C(=O)Nc1ccc(NC(=O)NC(=O)c2ccccc2Cl)cc1C)c1ccc(Cl)cc1. The molecule has 0 saturated carbocycles. The Labute approximate surface area is 208 Å². The van der Waals surface area contributed by atoms with Crippen LogP contribution in [0.3, 0.4) is 0 Å². The van der Waals surface area contributed by atoms with Crippen LogP contribution in [0.2, 0.25) is 10.0 Å². The number of carbonyl (C=O) groups excluding carboxylic acids is 3. The van der Waals surface area contributed by atoms with Gasteiger partial charge in [0, 0.05) is 28.6 Å². The van der Waals surface area contributed by atoms with Crippen LogP contribution in [0.5, 0.6) is 0 Å². The number of nitrogens with zero attached hydrogens (tertiary/aromatic N) is 1. The van der Waals surface area contributed by atoms with Crippen LogP contribution < -0.4 is 20.9 Å². The minimum Gasteiger partial charge on any atom is -0.308 e. The van der Waals surface area contributed by atoms with Gasteiger partial charge in [0.15, 0.2) is 0 Å². The molecule has 3 aromatic rings. The molecule has 3 N–H and O–H groups in total. The van der Waals surface area contributed by atoms with Gasteiger partial charge in [-0.15, -0.1) is 0 Å². The van der Waals surface area contributed by atoms with Crippen molar-refractivity contribution < 1.29 is 14.4 Å². The van der Waals surface area contributed by atoms with Crippen molar-refractivity contribution in [1.29, 1.82) is 0 Å². The molecule has 0 spiro atoms. The number of anilines is 3. The number of imide groups is 1. The van der Waals surface area contributed by atoms with Crippen molar-refractivity contribution in [2.45, 2.75) is 20.3 Å². The molecule has 3 rings (SSSR count). The number of rotatable bonds is 6. The quantitative estimate of drug-likeness (QED) is 0.352. The van der Waals surface area contributed by atoms with Crippen molar-refractivity contribution in [3.8, 4) is 0 Å². The lowest BCUT2D eigenvalue weighted by Gasteiger charge is -2.23. The Hall–Kier alpha value is -3.55. The van der Waals surface area contributed by atoms with Gasteiger partial charge < -0.3 is 10.6 Å². The van der Waals surface area contributed by atoms with E-state index < -0.39 is 11.9 Å². The molecule has 5 amide bonds. The molecule has 34 heavy (non-hydrogen) atoms. The molecule has 0 radical (unpaired) electrons. The van der Waals surface area contributed by atoms with Gasteiger partial charge in [0.05, 0.1) is 10.6 Å². The molecule has 9 heteroatoms. The lowest BCUT2D eigenvalue weighted by atomic mass is 10.1. The summed E-state index contributed by atoms with van der Waals surface area (Å²) in [7, 11) is 0. The molecule has 0 aromatic heterocycles. The second-order valence-electron chi connectivity index (χ2n) is 7.48. The molecule has 0 atom stereocenters. The third-order valence-corrected chi connectivity index (χ3v) is 5.48. The van der Waals surface area contributed by atoms with Gasteiger partial charge in [0.1, 0.15) is 0 Å². The van der Waals surface area contributed by atoms with E-state index in [1.807, 2.05) is 6.92 Å². The summed E-state index contributed by atoms with van der Waals surface area (Å²) in [5.41, 5.74) is 2.72. The second kappa shape index (κ2) is 11.5. The van der Waals surface area contributed by atoms with E-state index in [1.54, 1.807) is 72.5 Å². The molecule has 3 aromatic carbocycles. The van der Waals surface area contributed by atoms with Gasteiger partial charge in [-0.05, 0) is 73.5 Å². The van der Waals surface area contributed by atoms with Crippen molar-refractivity contribution in [2.75, 3.05) is 22.1 Å². The average Bonchev–Trinajstić information content (AvgIpc) is 2.80. The predicted molar refractivity (Wildman–Crippen MR) is 137 cm³/mol. The summed E-state index contributed by atoms with van der Waals surface area (Å²) < 4.78 is 0. The van der Waals surface area contributed by atoms with Gasteiger partial charge in [-0.25, -0.2) is 9.59 Å². The maximum absolute atomic E-state index is 12.9. The fraction of sp³-hybridized carbons (Fsp3) is 0.160. The Morgan fingerprint density at radius 2 is 1.62 bits per heavy atom. The first-order chi connectivity index (χ1) is 16.3. The minimum atomic E-state index is -0.696. The summed E-state index contributed by atoms with van der Waals surface area (Å²) in [4.78, 5) is 39.1. The molecule has 0 aliphatic carbocycles. The molecule has 0 fully saturated rings. The van der Waals surface area contributed by atoms with Crippen molar-refractivity contribution in [3.63, 3.8) is 0 Å². The van der Waals surface area contributed by atoms with Gasteiger partial charge >= 0.3 is 12.1 Å². The highest BCUT2D eigenvalue weighted by atomic mass is 35.5. The normalized spacial score (nSPS) is 10.4. The first kappa shape index (κ1) is 25.1. The van der Waals surface area contributed by atoms with Crippen LogP contribution in [0.1, 0.15) is 29.3 Å². The third-order valence-electron chi connectivity index (χ3n) is 4.90. The topological polar surface area (TPSA) is 90.5 Å². The predicted octanol–water partition coefficient (Wildman–Crippen LogP) is 6.71. The van der Waals surface area contributed by atoms with Crippen LogP contribution in [0.15, 0.2) is 66.7 Å². The van der Waals surface area contributed by atoms with Gasteiger partial charge in [0.2, 0.25) is 0 Å². The standard InChI is InChI=1S/C25H24Cl2N4O3/c1-3-14-31(19-11-8-17(26)9-12-19)25(34)29-22-13-10-18(15-16(22)2)28-24(33)30-23(32)20-6-4-5-7-21(20)27/h4-13,15H,3,14H2,1-2H3,(H,29,34)(H2,28,30,32,33). The maximum Gasteiger partial charge on any atom is 0.326 e. The lowest BCUT2D eigenvalue weighted by Crippen LogP contribution is -2.36. The zero-order valence-electron chi connectivity index (χ0n) is 18.7. The van der Waals surface area contributed by atoms with E-state index in [0.29, 0.717) is 22.9 Å². The zero-order valence-corrected chi connectivity index (χ0v) is 20.2. The van der Waals surface area contributed by atoms with Crippen molar-refractivity contribution >= 4 is 58.2 Å². The Morgan fingerprint density at radius 1 is 0.912 bits per heavy atom. The van der Waals surface area contributed by atoms with Gasteiger partial charge in [-0.1, -0.05) is 42.3 Å². The lowest BCUT2D eigenvalue weighted by molar-refractivity contribution is 0.0967. The molecule has 0 aliphatic rings. The number of carbonyl (C=O) groups is 3. The monoisotopic (exact) mass is 498 g/mol. The average molecular weight is 499 g/mol. The number of amides is 5. The second-order valence-corrected chi connectivity index (χ2v) is 8.32. The zero-order chi connectivity index (χ0) is 24.7. The van der Waals surface area contributed by atoms with Gasteiger partial charge in [-0.3, -0.25) is 15.0 Å². The number of halogens is 2. The van der Waals surface area contributed by atoms with E-state index >= 15 is 0 Å². The molecule has 0 aliphatic heterocycles. The van der Waals surface area contributed by atoms with Crippen LogP contribution in [-0.2, 0) is 0 Å². The van der Waals surface area contributed by atoms with Crippen molar-refractivity contribution in [1.82, 2.24) is 5.32 Å². The van der Waals surface area contributed by atoms with Crippen LogP contribution in [0.4, 0.5) is 26.7 Å². The molecule has 0 saturated heterocycles. The summed E-state index contributed by atoms with van der Waals surface area (Å²) >= 11 is 12.0. The first-order valence-corrected chi connectivity index (χ1v) is 11.4. The first-order valence-electron chi connectivity index (χ1n) is 10.6. The number of benzene rings is 3. The highest BCUT2D eigenvalue weighted by molar-refractivity contribution is 6.34. The van der Waals surface area contributed by atoms with Crippen LogP contribution >= 0.6 is 23.2 Å². The molecule has 0 heterocycles. The molecule has 0 bridgehead atoms. The maximum atomic E-state index is 12.9. The Morgan fingerprint density at radius 3 is 2.26 bits per heavy atom. The molecule has 0 unspecified atom stereocenters. The highest BCUT2D eigenvalue weighted by Crippen LogP contribution is 2.23. The number of urea groups is 2. The van der Waals surface area contributed by atoms with E-state index in [9.17, 15) is 14.4 Å². The van der Waals surface area contributed by atoms with Crippen molar-refractivity contribution in [2.24, 2.45) is 0 Å². The van der Waals surface area contributed by atoms with E-state index in [-0.39, 0.29) is 16.6 Å². The van der Waals surface area contributed by atoms with Crippen LogP contribution in [0.25, 0.3) is 0 Å². The molecule has 176 valence electrons. The highest BCUT2D eigenvalue weighted by Gasteiger charge is 2.17. The number of hydrogen-bond acceptors (Lipinski definition) is 3. The van der Waals surface area contributed by atoms with Crippen LogP contribution in [0, 0.1) is 6.92 Å². The van der Waals surface area contributed by atoms with E-state index in [0.717, 1.165) is 17.7 Å². The Bertz CT molecular complexity index is 1200. The van der Waals surface area contributed by atoms with E-state index in [2.05, 4.69) is 16.0 Å². The number of nitrogens with one attached hydrogen (secondary N) is 3. The summed E-state index contributed by atoms with van der Waals surface area (Å²) in [6.45, 7) is 4.33. The summed E-state index contributed by atoms with van der Waals surface area (Å²) in [5.74, 6) is -0.609. The number of aryl methyl sites for hydroxylation is 1. The van der Waals surface area contributed by atoms with Crippen molar-refractivity contribution in [3.05, 3.63) is 87.9 Å². The molecular weight excluding hydrogens is 475 g/mol. The Kier molecular flexibility index (Phi) is 8.51. The third kappa shape index (κ3) is 6.50. The molecule has 7 nitrogen and oxygen atoms in total. The minimum absolute atomic E-state index is 0.200. The van der Waals surface area contributed by atoms with E-state index in [4.69, 9.17) is 23.2 Å². The number of hydrogen-bond donors (Lipinski definition) is 3. The van der Waals surface area contributed by atoms with E-state index in [1.165, 1.54) is 6.07 Å². The van der Waals surface area contributed by atoms with Crippen LogP contribution in [-0.4, -0.2) is 24.5 Å². The summed E-state index contributed by atoms with van der Waals surface area (Å²) in [5, 5.41) is 8.60. The fourth-order valence-corrected chi connectivity index (χ4v) is 3.58. The molecular formula is C25H24Cl2N4O3. The largest absolute Gasteiger partial charge is 0.326 e. The summed E-state index contributed by atoms with van der Waals surface area (Å²) in [6, 6.07) is 17.5. The Balaban J connectivity index is 1.65. The summed E-state index contributed by atoms with van der Waals surface area (Å²) in [6.07, 6.45) is 0.778. The smallest absolute Gasteiger partial charge is 0.308 e. The fourth-order valence-electron chi connectivity index (χ4n) is 3.24. The van der Waals surface area contributed by atoms with Gasteiger partial charge in [-0.2, -0.15) is 0 Å². The van der Waals surface area contributed by atoms with Gasteiger partial charge in [0.25, 0.3) is 5.91 Å².